The van der Waals surface area contributed by atoms with Gasteiger partial charge in [-0.2, -0.15) is 11.8 Å². The highest BCUT2D eigenvalue weighted by Crippen LogP contribution is 2.21. The molecule has 2 N–H and O–H groups in total. The number of aliphatic hydroxyl groups excluding tert-OH is 1. The van der Waals surface area contributed by atoms with Crippen LogP contribution in [0.3, 0.4) is 0 Å². The van der Waals surface area contributed by atoms with Crippen molar-refractivity contribution in [3.05, 3.63) is 34.9 Å². The third-order valence-electron chi connectivity index (χ3n) is 2.73. The molecule has 1 aromatic rings. The smallest absolute Gasteiger partial charge is 0.0584 e. The summed E-state index contributed by atoms with van der Waals surface area (Å²) in [6.45, 7) is 3.32. The quantitative estimate of drug-likeness (QED) is 0.684. The molecular weight excluding hydrogens is 266 g/mol. The molecule has 1 aromatic carbocycles. The number of benzene rings is 1. The van der Waals surface area contributed by atoms with Crippen molar-refractivity contribution < 1.29 is 5.11 Å². The summed E-state index contributed by atoms with van der Waals surface area (Å²) in [4.78, 5) is 0. The van der Waals surface area contributed by atoms with Gasteiger partial charge in [0.15, 0.2) is 0 Å². The molecule has 0 heterocycles. The zero-order valence-electron chi connectivity index (χ0n) is 10.9. The maximum atomic E-state index is 9.22. The van der Waals surface area contributed by atoms with Crippen LogP contribution in [0, 0.1) is 0 Å². The lowest BCUT2D eigenvalue weighted by atomic mass is 10.2. The predicted molar refractivity (Wildman–Crippen MR) is 81.4 cm³/mol. The minimum atomic E-state index is 0.215. The largest absolute Gasteiger partial charge is 0.395 e. The number of nitrogens with one attached hydrogen (secondary N) is 1. The van der Waals surface area contributed by atoms with Gasteiger partial charge in [-0.05, 0) is 36.8 Å². The van der Waals surface area contributed by atoms with Gasteiger partial charge in [0, 0.05) is 16.8 Å². The Kier molecular flexibility index (Phi) is 8.51. The SMILES string of the molecule is CCCNC(CO)CCSCc1ccccc1Cl. The summed E-state index contributed by atoms with van der Waals surface area (Å²) < 4.78 is 0. The molecule has 0 bridgehead atoms. The summed E-state index contributed by atoms with van der Waals surface area (Å²) in [7, 11) is 0. The second-order valence-electron chi connectivity index (χ2n) is 4.27. The van der Waals surface area contributed by atoms with Crippen molar-refractivity contribution in [2.24, 2.45) is 0 Å². The molecule has 0 aliphatic heterocycles. The molecule has 18 heavy (non-hydrogen) atoms. The highest BCUT2D eigenvalue weighted by atomic mass is 35.5. The van der Waals surface area contributed by atoms with E-state index in [1.165, 1.54) is 5.56 Å². The molecule has 102 valence electrons. The first-order valence-electron chi connectivity index (χ1n) is 6.43. The number of hydrogen-bond donors (Lipinski definition) is 2. The average molecular weight is 288 g/mol. The van der Waals surface area contributed by atoms with Crippen LogP contribution in [0.5, 0.6) is 0 Å². The van der Waals surface area contributed by atoms with Gasteiger partial charge in [0.1, 0.15) is 0 Å². The van der Waals surface area contributed by atoms with E-state index in [-0.39, 0.29) is 12.6 Å². The van der Waals surface area contributed by atoms with Gasteiger partial charge in [-0.15, -0.1) is 0 Å². The van der Waals surface area contributed by atoms with Gasteiger partial charge < -0.3 is 10.4 Å². The van der Waals surface area contributed by atoms with Crippen molar-refractivity contribution in [3.63, 3.8) is 0 Å². The summed E-state index contributed by atoms with van der Waals surface area (Å²) in [6.07, 6.45) is 2.09. The molecule has 1 rings (SSSR count). The van der Waals surface area contributed by atoms with Crippen LogP contribution in [0.15, 0.2) is 24.3 Å². The number of thioether (sulfide) groups is 1. The minimum absolute atomic E-state index is 0.215. The Morgan fingerprint density at radius 2 is 2.17 bits per heavy atom. The summed E-state index contributed by atoms with van der Waals surface area (Å²) in [5, 5.41) is 13.4. The lowest BCUT2D eigenvalue weighted by Gasteiger charge is -2.15. The Hall–Kier alpha value is -0.220. The third kappa shape index (κ3) is 6.10. The summed E-state index contributed by atoms with van der Waals surface area (Å²) >= 11 is 7.96. The molecule has 1 unspecified atom stereocenters. The Morgan fingerprint density at radius 3 is 2.83 bits per heavy atom. The van der Waals surface area contributed by atoms with E-state index in [9.17, 15) is 5.11 Å². The van der Waals surface area contributed by atoms with Crippen LogP contribution < -0.4 is 5.32 Å². The standard InChI is InChI=1S/C14H22ClNOS/c1-2-8-16-13(10-17)7-9-18-11-12-5-3-4-6-14(12)15/h3-6,13,16-17H,2,7-11H2,1H3. The van der Waals surface area contributed by atoms with Crippen molar-refractivity contribution in [1.29, 1.82) is 0 Å². The monoisotopic (exact) mass is 287 g/mol. The van der Waals surface area contributed by atoms with Crippen LogP contribution in [-0.2, 0) is 5.75 Å². The van der Waals surface area contributed by atoms with E-state index in [0.717, 1.165) is 35.9 Å². The van der Waals surface area contributed by atoms with Crippen molar-refractivity contribution >= 4 is 23.4 Å². The second-order valence-corrected chi connectivity index (χ2v) is 5.78. The molecule has 4 heteroatoms. The van der Waals surface area contributed by atoms with E-state index in [2.05, 4.69) is 18.3 Å². The number of rotatable bonds is 9. The third-order valence-corrected chi connectivity index (χ3v) is 4.14. The van der Waals surface area contributed by atoms with Crippen LogP contribution in [0.4, 0.5) is 0 Å². The van der Waals surface area contributed by atoms with Crippen molar-refractivity contribution in [3.8, 4) is 0 Å². The van der Waals surface area contributed by atoms with Crippen LogP contribution in [0.25, 0.3) is 0 Å². The first-order valence-corrected chi connectivity index (χ1v) is 7.96. The number of hydrogen-bond acceptors (Lipinski definition) is 3. The molecule has 0 aliphatic carbocycles. The van der Waals surface area contributed by atoms with Gasteiger partial charge in [-0.3, -0.25) is 0 Å². The Bertz CT molecular complexity index is 335. The lowest BCUT2D eigenvalue weighted by molar-refractivity contribution is 0.240. The van der Waals surface area contributed by atoms with Gasteiger partial charge in [0.25, 0.3) is 0 Å². The van der Waals surface area contributed by atoms with Gasteiger partial charge >= 0.3 is 0 Å². The molecule has 0 saturated carbocycles. The molecular formula is C14H22ClNOS. The number of halogens is 1. The zero-order chi connectivity index (χ0) is 13.2. The van der Waals surface area contributed by atoms with E-state index in [4.69, 9.17) is 11.6 Å². The van der Waals surface area contributed by atoms with Gasteiger partial charge in [0.05, 0.1) is 6.61 Å². The topological polar surface area (TPSA) is 32.3 Å². The molecule has 1 atom stereocenters. The van der Waals surface area contributed by atoms with Crippen molar-refractivity contribution in [2.45, 2.75) is 31.6 Å². The van der Waals surface area contributed by atoms with E-state index < -0.39 is 0 Å². The molecule has 0 aliphatic rings. The first-order chi connectivity index (χ1) is 8.77. The Balaban J connectivity index is 2.19. The van der Waals surface area contributed by atoms with E-state index in [0.29, 0.717) is 0 Å². The Morgan fingerprint density at radius 1 is 1.39 bits per heavy atom. The molecule has 2 nitrogen and oxygen atoms in total. The minimum Gasteiger partial charge on any atom is -0.395 e. The maximum Gasteiger partial charge on any atom is 0.0584 e. The second kappa shape index (κ2) is 9.68. The highest BCUT2D eigenvalue weighted by molar-refractivity contribution is 7.98. The molecule has 0 aromatic heterocycles. The van der Waals surface area contributed by atoms with Gasteiger partial charge in [0.2, 0.25) is 0 Å². The summed E-state index contributed by atoms with van der Waals surface area (Å²) in [5.41, 5.74) is 1.19. The summed E-state index contributed by atoms with van der Waals surface area (Å²) in [6, 6.07) is 8.18. The van der Waals surface area contributed by atoms with Crippen LogP contribution >= 0.6 is 23.4 Å². The van der Waals surface area contributed by atoms with Crippen molar-refractivity contribution in [1.82, 2.24) is 5.32 Å². The fraction of sp³-hybridized carbons (Fsp3) is 0.571. The van der Waals surface area contributed by atoms with Crippen LogP contribution in [-0.4, -0.2) is 30.1 Å². The van der Waals surface area contributed by atoms with Crippen LogP contribution in [0.1, 0.15) is 25.3 Å². The maximum absolute atomic E-state index is 9.22. The molecule has 0 amide bonds. The molecule has 0 radical (unpaired) electrons. The number of aliphatic hydroxyl groups is 1. The van der Waals surface area contributed by atoms with Crippen LogP contribution in [0.2, 0.25) is 5.02 Å². The first kappa shape index (κ1) is 15.8. The molecule has 0 fully saturated rings. The zero-order valence-corrected chi connectivity index (χ0v) is 12.4. The molecule has 0 saturated heterocycles. The van der Waals surface area contributed by atoms with Gasteiger partial charge in [-0.1, -0.05) is 36.7 Å². The summed E-state index contributed by atoms with van der Waals surface area (Å²) in [5.74, 6) is 1.97. The predicted octanol–water partition coefficient (Wildman–Crippen LogP) is 3.32. The van der Waals surface area contributed by atoms with Crippen molar-refractivity contribution in [2.75, 3.05) is 18.9 Å². The van der Waals surface area contributed by atoms with E-state index in [1.807, 2.05) is 30.0 Å². The lowest BCUT2D eigenvalue weighted by Crippen LogP contribution is -2.33. The molecule has 0 spiro atoms. The van der Waals surface area contributed by atoms with Gasteiger partial charge in [-0.25, -0.2) is 0 Å². The van der Waals surface area contributed by atoms with E-state index in [1.54, 1.807) is 0 Å². The fourth-order valence-corrected chi connectivity index (χ4v) is 2.98. The van der Waals surface area contributed by atoms with E-state index >= 15 is 0 Å². The Labute approximate surface area is 119 Å². The highest BCUT2D eigenvalue weighted by Gasteiger charge is 2.06. The fourth-order valence-electron chi connectivity index (χ4n) is 1.63. The normalized spacial score (nSPS) is 12.6. The average Bonchev–Trinajstić information content (AvgIpc) is 2.40.